The van der Waals surface area contributed by atoms with Crippen molar-refractivity contribution in [3.8, 4) is 77.9 Å². The van der Waals surface area contributed by atoms with Crippen molar-refractivity contribution in [2.45, 2.75) is 78.6 Å². The fourth-order valence-electron chi connectivity index (χ4n) is 13.7. The summed E-state index contributed by atoms with van der Waals surface area (Å²) < 4.78 is 0. The quantitative estimate of drug-likeness (QED) is 0.0944. The standard InChI is InChI=1S/C84H73BN2/c1-6-8-28-58-42-48-75-78(50-58)87(83-73(65-38-24-14-25-39-65)55-69(61-32-18-11-19-33-61)56-74(83)66-40-26-15-27-41-66)80-52-59(29-9-7-2)51-79-81(80)85(75)76-57-67(62-43-46-70(47-44-62)84(3,4)5)45-49-77(76)86(79)82-71(63-34-20-12-21-35-63)53-68(60-30-16-10-17-31-60)54-72(82)64-36-22-13-23-37-64/h10-27,30-57H,6-9,28-29H2,1-5H3. The van der Waals surface area contributed by atoms with Crippen LogP contribution in [0.25, 0.3) is 77.9 Å². The molecule has 0 saturated heterocycles. The number of nitrogens with zero attached hydrogens (tertiary/aromatic N) is 2. The maximum Gasteiger partial charge on any atom is 0.252 e. The number of fused-ring (bicyclic) bond motifs is 4. The highest BCUT2D eigenvalue weighted by molar-refractivity contribution is 7.00. The molecule has 0 atom stereocenters. The topological polar surface area (TPSA) is 6.48 Å². The van der Waals surface area contributed by atoms with Gasteiger partial charge in [-0.25, -0.2) is 0 Å². The van der Waals surface area contributed by atoms with E-state index in [1.807, 2.05) is 0 Å². The Bertz CT molecular complexity index is 4300. The van der Waals surface area contributed by atoms with E-state index in [0.29, 0.717) is 0 Å². The first kappa shape index (κ1) is 55.2. The second-order valence-corrected chi connectivity index (χ2v) is 24.9. The number of hydrogen-bond acceptors (Lipinski definition) is 2. The normalized spacial score (nSPS) is 12.4. The van der Waals surface area contributed by atoms with Crippen LogP contribution < -0.4 is 26.2 Å². The van der Waals surface area contributed by atoms with Gasteiger partial charge in [-0.2, -0.15) is 0 Å². The van der Waals surface area contributed by atoms with Crippen LogP contribution in [0.5, 0.6) is 0 Å². The molecule has 422 valence electrons. The van der Waals surface area contributed by atoms with Gasteiger partial charge in [0.25, 0.3) is 6.71 Å². The van der Waals surface area contributed by atoms with Crippen LogP contribution in [0.1, 0.15) is 77.0 Å². The monoisotopic (exact) mass is 1120 g/mol. The van der Waals surface area contributed by atoms with Gasteiger partial charge >= 0.3 is 0 Å². The van der Waals surface area contributed by atoms with Crippen molar-refractivity contribution in [1.29, 1.82) is 0 Å². The van der Waals surface area contributed by atoms with E-state index >= 15 is 0 Å². The minimum atomic E-state index is -0.116. The average molecular weight is 1120 g/mol. The van der Waals surface area contributed by atoms with Gasteiger partial charge in [-0.05, 0) is 168 Å². The van der Waals surface area contributed by atoms with Gasteiger partial charge in [0.15, 0.2) is 0 Å². The molecule has 12 aromatic rings. The molecule has 0 aromatic heterocycles. The van der Waals surface area contributed by atoms with Gasteiger partial charge in [0, 0.05) is 45.0 Å². The summed E-state index contributed by atoms with van der Waals surface area (Å²) >= 11 is 0. The van der Waals surface area contributed by atoms with Crippen LogP contribution in [0.4, 0.5) is 34.1 Å². The molecule has 2 aliphatic rings. The minimum absolute atomic E-state index is 0.0320. The number of rotatable bonds is 15. The number of unbranched alkanes of at least 4 members (excludes halogenated alkanes) is 2. The summed E-state index contributed by atoms with van der Waals surface area (Å²) in [6.45, 7) is 11.4. The van der Waals surface area contributed by atoms with Crippen LogP contribution in [0, 0.1) is 0 Å². The van der Waals surface area contributed by atoms with Gasteiger partial charge in [-0.1, -0.05) is 278 Å². The predicted octanol–water partition coefficient (Wildman–Crippen LogP) is 21.4. The molecule has 2 aliphatic heterocycles. The molecule has 0 amide bonds. The molecule has 0 radical (unpaired) electrons. The maximum atomic E-state index is 2.74. The smallest absolute Gasteiger partial charge is 0.252 e. The third kappa shape index (κ3) is 10.5. The van der Waals surface area contributed by atoms with Crippen LogP contribution in [0.2, 0.25) is 0 Å². The van der Waals surface area contributed by atoms with Crippen molar-refractivity contribution < 1.29 is 0 Å². The summed E-state index contributed by atoms with van der Waals surface area (Å²) in [7, 11) is 0. The van der Waals surface area contributed by atoms with Crippen molar-refractivity contribution >= 4 is 57.2 Å². The lowest BCUT2D eigenvalue weighted by atomic mass is 9.33. The predicted molar refractivity (Wildman–Crippen MR) is 374 cm³/mol. The molecular weight excluding hydrogens is 1050 g/mol. The Morgan fingerprint density at radius 1 is 0.299 bits per heavy atom. The Morgan fingerprint density at radius 2 is 0.667 bits per heavy atom. The Morgan fingerprint density at radius 3 is 1.08 bits per heavy atom. The Balaban J connectivity index is 1.15. The van der Waals surface area contributed by atoms with Crippen LogP contribution >= 0.6 is 0 Å². The fourth-order valence-corrected chi connectivity index (χ4v) is 13.7. The zero-order chi connectivity index (χ0) is 59.0. The van der Waals surface area contributed by atoms with Gasteiger partial charge in [0.2, 0.25) is 0 Å². The maximum absolute atomic E-state index is 2.74. The highest BCUT2D eigenvalue weighted by Gasteiger charge is 2.45. The Labute approximate surface area is 516 Å². The SMILES string of the molecule is CCCCc1ccc2c(c1)N(c1c(-c3ccccc3)cc(-c3ccccc3)cc1-c1ccccc1)c1cc(CCCC)cc3c1B2c1cc(-c2ccc(C(C)(C)C)cc2)ccc1N3c1c(-c2ccccc2)cc(-c2ccccc2)cc1-c1ccccc1. The van der Waals surface area contributed by atoms with Crippen molar-refractivity contribution in [3.63, 3.8) is 0 Å². The van der Waals surface area contributed by atoms with E-state index in [1.54, 1.807) is 0 Å². The van der Waals surface area contributed by atoms with Gasteiger partial charge in [0.1, 0.15) is 0 Å². The molecule has 0 saturated carbocycles. The van der Waals surface area contributed by atoms with E-state index < -0.39 is 0 Å². The van der Waals surface area contributed by atoms with Crippen LogP contribution in [-0.2, 0) is 18.3 Å². The zero-order valence-electron chi connectivity index (χ0n) is 50.8. The number of hydrogen-bond donors (Lipinski definition) is 0. The third-order valence-electron chi connectivity index (χ3n) is 18.1. The molecule has 14 rings (SSSR count). The van der Waals surface area contributed by atoms with E-state index in [1.165, 1.54) is 145 Å². The van der Waals surface area contributed by atoms with Crippen molar-refractivity contribution in [1.82, 2.24) is 0 Å². The first-order chi connectivity index (χ1) is 42.7. The molecule has 0 N–H and O–H groups in total. The molecular formula is C84H73BN2. The molecule has 87 heavy (non-hydrogen) atoms. The molecule has 12 aromatic carbocycles. The molecule has 0 bridgehead atoms. The Hall–Kier alpha value is -9.70. The Kier molecular flexibility index (Phi) is 15.0. The fraction of sp³-hybridized carbons (Fsp3) is 0.143. The molecule has 0 spiro atoms. The lowest BCUT2D eigenvalue weighted by Gasteiger charge is -2.46. The third-order valence-corrected chi connectivity index (χ3v) is 18.1. The highest BCUT2D eigenvalue weighted by Crippen LogP contribution is 2.54. The van der Waals surface area contributed by atoms with Crippen LogP contribution in [-0.4, -0.2) is 6.71 Å². The summed E-state index contributed by atoms with van der Waals surface area (Å²) in [5.74, 6) is 0. The second kappa shape index (κ2) is 23.6. The number of anilines is 6. The molecule has 0 fully saturated rings. The summed E-state index contributed by atoms with van der Waals surface area (Å²) in [4.78, 5) is 5.45. The van der Waals surface area contributed by atoms with Gasteiger partial charge in [-0.3, -0.25) is 0 Å². The molecule has 3 heteroatoms. The lowest BCUT2D eigenvalue weighted by Crippen LogP contribution is -2.61. The first-order valence-corrected chi connectivity index (χ1v) is 31.6. The largest absolute Gasteiger partial charge is 0.310 e. The zero-order valence-corrected chi connectivity index (χ0v) is 50.8. The van der Waals surface area contributed by atoms with E-state index in [9.17, 15) is 0 Å². The molecule has 0 unspecified atom stereocenters. The molecule has 2 heterocycles. The van der Waals surface area contributed by atoms with Crippen LogP contribution in [0.15, 0.2) is 279 Å². The average Bonchev–Trinajstić information content (AvgIpc) is 0.706. The van der Waals surface area contributed by atoms with E-state index in [-0.39, 0.29) is 12.1 Å². The van der Waals surface area contributed by atoms with Crippen molar-refractivity contribution in [3.05, 3.63) is 296 Å². The second-order valence-electron chi connectivity index (χ2n) is 24.9. The van der Waals surface area contributed by atoms with E-state index in [4.69, 9.17) is 0 Å². The summed E-state index contributed by atoms with van der Waals surface area (Å²) in [6.07, 6.45) is 6.34. The highest BCUT2D eigenvalue weighted by atomic mass is 15.2. The van der Waals surface area contributed by atoms with Gasteiger partial charge in [0.05, 0.1) is 11.4 Å². The van der Waals surface area contributed by atoms with Gasteiger partial charge in [-0.15, -0.1) is 0 Å². The lowest BCUT2D eigenvalue weighted by molar-refractivity contribution is 0.590. The summed E-state index contributed by atoms with van der Waals surface area (Å²) in [5, 5.41) is 0. The number of benzene rings is 12. The van der Waals surface area contributed by atoms with Crippen molar-refractivity contribution in [2.75, 3.05) is 9.80 Å². The minimum Gasteiger partial charge on any atom is -0.310 e. The van der Waals surface area contributed by atoms with E-state index in [0.717, 1.165) is 38.5 Å². The van der Waals surface area contributed by atoms with Crippen molar-refractivity contribution in [2.24, 2.45) is 0 Å². The van der Waals surface area contributed by atoms with Crippen LogP contribution in [0.3, 0.4) is 0 Å². The van der Waals surface area contributed by atoms with E-state index in [2.05, 4.69) is 323 Å². The number of aryl methyl sites for hydroxylation is 2. The summed E-state index contributed by atoms with van der Waals surface area (Å²) in [6, 6.07) is 106. The molecule has 0 aliphatic carbocycles. The summed E-state index contributed by atoms with van der Waals surface area (Å²) in [5.41, 5.74) is 31.8. The molecule has 2 nitrogen and oxygen atoms in total. The first-order valence-electron chi connectivity index (χ1n) is 31.6. The van der Waals surface area contributed by atoms with Gasteiger partial charge < -0.3 is 9.80 Å².